The zero-order valence-corrected chi connectivity index (χ0v) is 15.8. The average Bonchev–Trinajstić information content (AvgIpc) is 2.97. The Morgan fingerprint density at radius 3 is 2.85 bits per heavy atom. The zero-order valence-electron chi connectivity index (χ0n) is 15.0. The van der Waals surface area contributed by atoms with Gasteiger partial charge in [-0.1, -0.05) is 30.7 Å². The van der Waals surface area contributed by atoms with Crippen LogP contribution in [0, 0.1) is 0 Å². The van der Waals surface area contributed by atoms with Crippen LogP contribution in [0.5, 0.6) is 0 Å². The lowest BCUT2D eigenvalue weighted by molar-refractivity contribution is -0.118. The van der Waals surface area contributed by atoms with Gasteiger partial charge < -0.3 is 10.0 Å². The number of pyridine rings is 1. The Balaban J connectivity index is 2.35. The molecule has 1 aliphatic heterocycles. The molecule has 2 rings (SSSR count). The van der Waals surface area contributed by atoms with Crippen LogP contribution in [0.2, 0.25) is 5.15 Å². The average molecular weight is 400 g/mol. The molecule has 0 aromatic carbocycles. The predicted molar refractivity (Wildman–Crippen MR) is 102 cm³/mol. The van der Waals surface area contributed by atoms with E-state index < -0.39 is 12.7 Å². The highest BCUT2D eigenvalue weighted by Gasteiger charge is 2.31. The Kier molecular flexibility index (Phi) is 7.07. The second kappa shape index (κ2) is 9.08. The van der Waals surface area contributed by atoms with Gasteiger partial charge >= 0.3 is 6.18 Å². The zero-order chi connectivity index (χ0) is 20.0. The van der Waals surface area contributed by atoms with Gasteiger partial charge in [0.15, 0.2) is 0 Å². The number of allylic oxidation sites excluding steroid dienone is 3. The van der Waals surface area contributed by atoms with Crippen molar-refractivity contribution in [1.82, 2.24) is 9.88 Å². The highest BCUT2D eigenvalue weighted by atomic mass is 35.5. The highest BCUT2D eigenvalue weighted by Crippen LogP contribution is 2.38. The summed E-state index contributed by atoms with van der Waals surface area (Å²) in [4.78, 5) is 9.66. The van der Waals surface area contributed by atoms with E-state index in [1.807, 2.05) is 30.9 Å². The first-order valence-electron chi connectivity index (χ1n) is 8.46. The fraction of sp³-hybridized carbons (Fsp3) is 0.368. The SMILES string of the molecule is CC/C=C1/c2ccnc(Cl)c2CN1C(C)C(/C=N\CC(F)(F)F)=C/C=C/O. The van der Waals surface area contributed by atoms with Crippen LogP contribution in [-0.2, 0) is 6.54 Å². The van der Waals surface area contributed by atoms with Crippen molar-refractivity contribution in [2.45, 2.75) is 39.0 Å². The Labute approximate surface area is 161 Å². The number of fused-ring (bicyclic) bond motifs is 1. The quantitative estimate of drug-likeness (QED) is 0.305. The van der Waals surface area contributed by atoms with E-state index >= 15 is 0 Å². The van der Waals surface area contributed by atoms with Gasteiger partial charge in [0.1, 0.15) is 11.7 Å². The minimum atomic E-state index is -4.37. The number of aliphatic imine (C=N–C) groups is 1. The van der Waals surface area contributed by atoms with E-state index in [-0.39, 0.29) is 6.04 Å². The topological polar surface area (TPSA) is 48.7 Å². The highest BCUT2D eigenvalue weighted by molar-refractivity contribution is 6.30. The Morgan fingerprint density at radius 1 is 1.48 bits per heavy atom. The molecule has 0 aliphatic carbocycles. The fourth-order valence-corrected chi connectivity index (χ4v) is 3.13. The molecule has 2 heterocycles. The number of alkyl halides is 3. The van der Waals surface area contributed by atoms with Gasteiger partial charge in [0.05, 0.1) is 12.3 Å². The molecule has 0 saturated heterocycles. The molecule has 4 nitrogen and oxygen atoms in total. The molecule has 1 atom stereocenters. The summed E-state index contributed by atoms with van der Waals surface area (Å²) >= 11 is 6.23. The number of rotatable bonds is 6. The summed E-state index contributed by atoms with van der Waals surface area (Å²) in [6, 6.07) is 1.59. The Bertz CT molecular complexity index is 785. The summed E-state index contributed by atoms with van der Waals surface area (Å²) in [5.74, 6) is 0. The second-order valence-electron chi connectivity index (χ2n) is 6.02. The first-order valence-corrected chi connectivity index (χ1v) is 8.84. The van der Waals surface area contributed by atoms with Crippen LogP contribution in [-0.4, -0.2) is 40.0 Å². The lowest BCUT2D eigenvalue weighted by Crippen LogP contribution is -2.30. The maximum Gasteiger partial charge on any atom is 0.407 e. The number of halogens is 4. The molecule has 146 valence electrons. The maximum atomic E-state index is 12.4. The molecular formula is C19H21ClF3N3O. The lowest BCUT2D eigenvalue weighted by atomic mass is 10.1. The van der Waals surface area contributed by atoms with Crippen molar-refractivity contribution in [2.75, 3.05) is 6.54 Å². The fourth-order valence-electron chi connectivity index (χ4n) is 2.91. The van der Waals surface area contributed by atoms with Crippen LogP contribution >= 0.6 is 11.6 Å². The minimum absolute atomic E-state index is 0.292. The third kappa shape index (κ3) is 5.35. The summed E-state index contributed by atoms with van der Waals surface area (Å²) < 4.78 is 37.3. The van der Waals surface area contributed by atoms with Crippen LogP contribution in [0.15, 0.2) is 47.3 Å². The second-order valence-corrected chi connectivity index (χ2v) is 6.38. The molecule has 1 unspecified atom stereocenters. The normalized spacial score (nSPS) is 18.1. The van der Waals surface area contributed by atoms with Crippen LogP contribution in [0.4, 0.5) is 13.2 Å². The minimum Gasteiger partial charge on any atom is -0.516 e. The molecule has 0 saturated carbocycles. The van der Waals surface area contributed by atoms with Gasteiger partial charge in [-0.2, -0.15) is 13.2 Å². The van der Waals surface area contributed by atoms with Crippen molar-refractivity contribution in [2.24, 2.45) is 4.99 Å². The van der Waals surface area contributed by atoms with Crippen LogP contribution in [0.25, 0.3) is 5.70 Å². The molecule has 1 N–H and O–H groups in total. The lowest BCUT2D eigenvalue weighted by Gasteiger charge is -2.29. The largest absolute Gasteiger partial charge is 0.516 e. The third-order valence-electron chi connectivity index (χ3n) is 4.15. The van der Waals surface area contributed by atoms with Crippen LogP contribution in [0.1, 0.15) is 31.4 Å². The monoisotopic (exact) mass is 399 g/mol. The summed E-state index contributed by atoms with van der Waals surface area (Å²) in [5, 5.41) is 9.34. The summed E-state index contributed by atoms with van der Waals surface area (Å²) in [5.41, 5.74) is 3.33. The van der Waals surface area contributed by atoms with E-state index in [1.165, 1.54) is 18.4 Å². The van der Waals surface area contributed by atoms with Gasteiger partial charge in [-0.05, 0) is 31.1 Å². The number of aliphatic hydroxyl groups is 1. The molecule has 1 aromatic rings. The summed E-state index contributed by atoms with van der Waals surface area (Å²) in [6.45, 7) is 3.11. The molecule has 1 aromatic heterocycles. The van der Waals surface area contributed by atoms with Gasteiger partial charge in [0.2, 0.25) is 0 Å². The predicted octanol–water partition coefficient (Wildman–Crippen LogP) is 5.32. The van der Waals surface area contributed by atoms with Crippen molar-refractivity contribution in [3.63, 3.8) is 0 Å². The van der Waals surface area contributed by atoms with Crippen molar-refractivity contribution in [1.29, 1.82) is 0 Å². The summed E-state index contributed by atoms with van der Waals surface area (Å²) in [6.07, 6.45) is 5.02. The Hall–Kier alpha value is -2.28. The van der Waals surface area contributed by atoms with Gasteiger partial charge in [-0.15, -0.1) is 0 Å². The number of nitrogens with zero attached hydrogens (tertiary/aromatic N) is 3. The van der Waals surface area contributed by atoms with E-state index in [4.69, 9.17) is 16.7 Å². The maximum absolute atomic E-state index is 12.4. The third-order valence-corrected chi connectivity index (χ3v) is 4.48. The number of hydrogen-bond donors (Lipinski definition) is 1. The first-order chi connectivity index (χ1) is 12.8. The molecule has 0 amide bonds. The van der Waals surface area contributed by atoms with Crippen LogP contribution < -0.4 is 0 Å². The van der Waals surface area contributed by atoms with E-state index in [2.05, 4.69) is 9.98 Å². The van der Waals surface area contributed by atoms with Gasteiger partial charge in [-0.25, -0.2) is 4.98 Å². The summed E-state index contributed by atoms with van der Waals surface area (Å²) in [7, 11) is 0. The molecule has 8 heteroatoms. The molecule has 0 bridgehead atoms. The van der Waals surface area contributed by atoms with Gasteiger partial charge in [0.25, 0.3) is 0 Å². The van der Waals surface area contributed by atoms with E-state index in [0.29, 0.717) is 17.3 Å². The van der Waals surface area contributed by atoms with Crippen molar-refractivity contribution < 1.29 is 18.3 Å². The van der Waals surface area contributed by atoms with Crippen molar-refractivity contribution in [3.05, 3.63) is 58.6 Å². The molecular weight excluding hydrogens is 379 g/mol. The number of aromatic nitrogens is 1. The molecule has 0 spiro atoms. The smallest absolute Gasteiger partial charge is 0.407 e. The molecule has 27 heavy (non-hydrogen) atoms. The van der Waals surface area contributed by atoms with Gasteiger partial charge in [0, 0.05) is 35.8 Å². The molecule has 0 radical (unpaired) electrons. The number of hydrogen-bond acceptors (Lipinski definition) is 4. The standard InChI is InChI=1S/C19H21ClF3N3O/c1-3-5-17-15-7-8-25-18(20)16(15)11-26(17)13(2)14(6-4-9-27)10-24-12-19(21,22)23/h4-10,13,27H,3,11-12H2,1-2H3/b9-4+,14-6+,17-5-,24-10-. The van der Waals surface area contributed by atoms with Gasteiger partial charge in [-0.3, -0.25) is 4.99 Å². The van der Waals surface area contributed by atoms with Crippen molar-refractivity contribution >= 4 is 23.5 Å². The first kappa shape index (κ1) is 21.0. The van der Waals surface area contributed by atoms with E-state index in [1.54, 1.807) is 6.20 Å². The number of aliphatic hydroxyl groups excluding tert-OH is 1. The van der Waals surface area contributed by atoms with E-state index in [9.17, 15) is 13.2 Å². The molecule has 0 fully saturated rings. The molecule has 1 aliphatic rings. The van der Waals surface area contributed by atoms with Crippen LogP contribution in [0.3, 0.4) is 0 Å². The van der Waals surface area contributed by atoms with Crippen molar-refractivity contribution in [3.8, 4) is 0 Å². The Morgan fingerprint density at radius 2 is 2.22 bits per heavy atom. The van der Waals surface area contributed by atoms with E-state index in [0.717, 1.165) is 29.5 Å².